The Morgan fingerprint density at radius 3 is 2.85 bits per heavy atom. The minimum Gasteiger partial charge on any atom is -0.466 e. The van der Waals surface area contributed by atoms with Gasteiger partial charge in [0.15, 0.2) is 0 Å². The Labute approximate surface area is 78.1 Å². The number of hydrogen-bond donors (Lipinski definition) is 2. The Bertz CT molecular complexity index is 184. The summed E-state index contributed by atoms with van der Waals surface area (Å²) in [4.78, 5) is 11.3. The van der Waals surface area contributed by atoms with E-state index in [9.17, 15) is 9.90 Å². The van der Waals surface area contributed by atoms with Gasteiger partial charge < -0.3 is 15.6 Å². The van der Waals surface area contributed by atoms with E-state index in [1.807, 2.05) is 0 Å². The van der Waals surface area contributed by atoms with Gasteiger partial charge in [-0.05, 0) is 26.2 Å². The lowest BCUT2D eigenvalue weighted by molar-refractivity contribution is -0.150. The summed E-state index contributed by atoms with van der Waals surface area (Å²) in [5.41, 5.74) is 5.61. The number of aliphatic hydroxyl groups is 1. The van der Waals surface area contributed by atoms with Crippen molar-refractivity contribution < 1.29 is 14.6 Å². The van der Waals surface area contributed by atoms with Gasteiger partial charge in [0, 0.05) is 6.04 Å². The molecule has 0 spiro atoms. The quantitative estimate of drug-likeness (QED) is 0.598. The highest BCUT2D eigenvalue weighted by atomic mass is 16.5. The summed E-state index contributed by atoms with van der Waals surface area (Å²) >= 11 is 0. The molecule has 0 bridgehead atoms. The van der Waals surface area contributed by atoms with Crippen LogP contribution in [0, 0.1) is 5.92 Å². The van der Waals surface area contributed by atoms with E-state index in [0.29, 0.717) is 19.4 Å². The molecule has 0 amide bonds. The van der Waals surface area contributed by atoms with Gasteiger partial charge in [0.1, 0.15) is 0 Å². The number of carbonyl (C=O) groups excluding carboxylic acids is 1. The van der Waals surface area contributed by atoms with E-state index in [1.54, 1.807) is 6.92 Å². The first kappa shape index (κ1) is 10.5. The molecule has 1 aliphatic carbocycles. The molecule has 1 saturated carbocycles. The average Bonchev–Trinajstić information content (AvgIpc) is 2.10. The molecule has 3 atom stereocenters. The van der Waals surface area contributed by atoms with Gasteiger partial charge in [0.05, 0.1) is 18.6 Å². The molecular formula is C9H17NO3. The second-order valence-electron chi connectivity index (χ2n) is 3.49. The van der Waals surface area contributed by atoms with Gasteiger partial charge in [0.2, 0.25) is 0 Å². The highest BCUT2D eigenvalue weighted by Crippen LogP contribution is 2.24. The standard InChI is InChI=1S/C9H17NO3/c1-2-13-9(12)6-3-4-7(10)8(11)5-6/h6-8,11H,2-5,10H2,1H3/t6-,7+,8+/m1/s1. The fourth-order valence-corrected chi connectivity index (χ4v) is 1.64. The molecule has 0 heterocycles. The minimum absolute atomic E-state index is 0.158. The number of rotatable bonds is 2. The van der Waals surface area contributed by atoms with Crippen LogP contribution in [0.4, 0.5) is 0 Å². The Morgan fingerprint density at radius 2 is 2.31 bits per heavy atom. The van der Waals surface area contributed by atoms with E-state index in [0.717, 1.165) is 6.42 Å². The van der Waals surface area contributed by atoms with Crippen molar-refractivity contribution in [1.29, 1.82) is 0 Å². The molecule has 1 fully saturated rings. The fraction of sp³-hybridized carbons (Fsp3) is 0.889. The maximum Gasteiger partial charge on any atom is 0.309 e. The first-order valence-corrected chi connectivity index (χ1v) is 4.75. The predicted octanol–water partition coefficient (Wildman–Crippen LogP) is 0.0378. The van der Waals surface area contributed by atoms with E-state index in [-0.39, 0.29) is 17.9 Å². The van der Waals surface area contributed by atoms with E-state index in [4.69, 9.17) is 10.5 Å². The minimum atomic E-state index is -0.553. The van der Waals surface area contributed by atoms with E-state index < -0.39 is 6.10 Å². The van der Waals surface area contributed by atoms with Crippen LogP contribution >= 0.6 is 0 Å². The van der Waals surface area contributed by atoms with Gasteiger partial charge in [-0.25, -0.2) is 0 Å². The number of hydrogen-bond acceptors (Lipinski definition) is 4. The third-order valence-electron chi connectivity index (χ3n) is 2.49. The van der Waals surface area contributed by atoms with Crippen molar-refractivity contribution >= 4 is 5.97 Å². The first-order chi connectivity index (χ1) is 6.15. The number of carbonyl (C=O) groups is 1. The predicted molar refractivity (Wildman–Crippen MR) is 48.0 cm³/mol. The lowest BCUT2D eigenvalue weighted by atomic mass is 9.84. The van der Waals surface area contributed by atoms with Crippen LogP contribution in [0.1, 0.15) is 26.2 Å². The first-order valence-electron chi connectivity index (χ1n) is 4.75. The van der Waals surface area contributed by atoms with E-state index >= 15 is 0 Å². The maximum atomic E-state index is 11.3. The van der Waals surface area contributed by atoms with Crippen molar-refractivity contribution in [1.82, 2.24) is 0 Å². The number of esters is 1. The van der Waals surface area contributed by atoms with Crippen LogP contribution in [0.2, 0.25) is 0 Å². The molecule has 0 radical (unpaired) electrons. The number of nitrogens with two attached hydrogens (primary N) is 1. The second kappa shape index (κ2) is 4.58. The van der Waals surface area contributed by atoms with Crippen LogP contribution in [0.25, 0.3) is 0 Å². The third-order valence-corrected chi connectivity index (χ3v) is 2.49. The zero-order valence-electron chi connectivity index (χ0n) is 7.90. The summed E-state index contributed by atoms with van der Waals surface area (Å²) in [6, 6.07) is -0.175. The molecule has 0 unspecified atom stereocenters. The smallest absolute Gasteiger partial charge is 0.309 e. The maximum absolute atomic E-state index is 11.3. The lowest BCUT2D eigenvalue weighted by Gasteiger charge is -2.29. The summed E-state index contributed by atoms with van der Waals surface area (Å²) in [6.45, 7) is 2.18. The lowest BCUT2D eigenvalue weighted by Crippen LogP contribution is -2.42. The third kappa shape index (κ3) is 2.67. The molecule has 4 nitrogen and oxygen atoms in total. The van der Waals surface area contributed by atoms with Crippen LogP contribution in [0.5, 0.6) is 0 Å². The van der Waals surface area contributed by atoms with Gasteiger partial charge in [-0.1, -0.05) is 0 Å². The largest absolute Gasteiger partial charge is 0.466 e. The second-order valence-corrected chi connectivity index (χ2v) is 3.49. The fourth-order valence-electron chi connectivity index (χ4n) is 1.64. The zero-order valence-corrected chi connectivity index (χ0v) is 7.90. The SMILES string of the molecule is CCOC(=O)[C@@H]1CC[C@H](N)[C@@H](O)C1. The number of aliphatic hydroxyl groups excluding tert-OH is 1. The summed E-state index contributed by atoms with van der Waals surface area (Å²) in [6.07, 6.45) is 1.32. The average molecular weight is 187 g/mol. The van der Waals surface area contributed by atoms with Crippen molar-refractivity contribution in [3.05, 3.63) is 0 Å². The molecule has 76 valence electrons. The summed E-state index contributed by atoms with van der Waals surface area (Å²) in [7, 11) is 0. The zero-order chi connectivity index (χ0) is 9.84. The molecule has 0 saturated heterocycles. The molecule has 3 N–H and O–H groups in total. The van der Waals surface area contributed by atoms with Crippen molar-refractivity contribution in [2.24, 2.45) is 11.7 Å². The summed E-state index contributed by atoms with van der Waals surface area (Å²) < 4.78 is 4.87. The molecule has 13 heavy (non-hydrogen) atoms. The van der Waals surface area contributed by atoms with Gasteiger partial charge in [-0.3, -0.25) is 4.79 Å². The topological polar surface area (TPSA) is 72.5 Å². The van der Waals surface area contributed by atoms with E-state index in [1.165, 1.54) is 0 Å². The van der Waals surface area contributed by atoms with Crippen molar-refractivity contribution in [2.75, 3.05) is 6.61 Å². The molecule has 0 aliphatic heterocycles. The highest BCUT2D eigenvalue weighted by molar-refractivity contribution is 5.72. The van der Waals surface area contributed by atoms with Crippen LogP contribution in [-0.2, 0) is 9.53 Å². The van der Waals surface area contributed by atoms with Crippen LogP contribution < -0.4 is 5.73 Å². The molecule has 4 heteroatoms. The molecule has 0 aromatic rings. The molecular weight excluding hydrogens is 170 g/mol. The van der Waals surface area contributed by atoms with Crippen LogP contribution in [-0.4, -0.2) is 29.8 Å². The van der Waals surface area contributed by atoms with Crippen molar-refractivity contribution in [3.63, 3.8) is 0 Å². The van der Waals surface area contributed by atoms with Crippen LogP contribution in [0.15, 0.2) is 0 Å². The Hall–Kier alpha value is -0.610. The summed E-state index contributed by atoms with van der Waals surface area (Å²) in [5, 5.41) is 9.43. The summed E-state index contributed by atoms with van der Waals surface area (Å²) in [5.74, 6) is -0.358. The van der Waals surface area contributed by atoms with E-state index in [2.05, 4.69) is 0 Å². The Morgan fingerprint density at radius 1 is 1.62 bits per heavy atom. The van der Waals surface area contributed by atoms with Gasteiger partial charge in [-0.15, -0.1) is 0 Å². The van der Waals surface area contributed by atoms with Crippen molar-refractivity contribution in [3.8, 4) is 0 Å². The van der Waals surface area contributed by atoms with Gasteiger partial charge in [0.25, 0.3) is 0 Å². The Kier molecular flexibility index (Phi) is 3.69. The van der Waals surface area contributed by atoms with Gasteiger partial charge >= 0.3 is 5.97 Å². The molecule has 0 aromatic carbocycles. The number of ether oxygens (including phenoxy) is 1. The van der Waals surface area contributed by atoms with Crippen molar-refractivity contribution in [2.45, 2.75) is 38.3 Å². The highest BCUT2D eigenvalue weighted by Gasteiger charge is 2.31. The molecule has 1 rings (SSSR count). The molecule has 0 aromatic heterocycles. The Balaban J connectivity index is 2.40. The van der Waals surface area contributed by atoms with Crippen LogP contribution in [0.3, 0.4) is 0 Å². The molecule has 1 aliphatic rings. The van der Waals surface area contributed by atoms with Gasteiger partial charge in [-0.2, -0.15) is 0 Å². The monoisotopic (exact) mass is 187 g/mol. The normalized spacial score (nSPS) is 34.2.